The molecule has 1 aliphatic rings. The molecule has 0 aliphatic carbocycles. The number of oxazole rings is 1. The number of hydrogen-bond donors (Lipinski definition) is 1. The van der Waals surface area contributed by atoms with E-state index in [-0.39, 0.29) is 29.1 Å². The predicted octanol–water partition coefficient (Wildman–Crippen LogP) is 2.95. The zero-order chi connectivity index (χ0) is 20.7. The minimum absolute atomic E-state index is 0.0655. The van der Waals surface area contributed by atoms with Crippen LogP contribution in [0.15, 0.2) is 41.4 Å². The number of rotatable bonds is 5. The average Bonchev–Trinajstić information content (AvgIpc) is 3.51. The molecule has 1 saturated heterocycles. The Kier molecular flexibility index (Phi) is 4.51. The van der Waals surface area contributed by atoms with Crippen LogP contribution in [0.3, 0.4) is 0 Å². The number of hydrogen-bond acceptors (Lipinski definition) is 8. The van der Waals surface area contributed by atoms with Crippen molar-refractivity contribution in [3.63, 3.8) is 0 Å². The van der Waals surface area contributed by atoms with Crippen LogP contribution >= 0.6 is 0 Å². The minimum Gasteiger partial charge on any atom is -0.443 e. The highest BCUT2D eigenvalue weighted by Crippen LogP contribution is 2.31. The van der Waals surface area contributed by atoms with Crippen molar-refractivity contribution in [1.82, 2.24) is 24.3 Å². The van der Waals surface area contributed by atoms with Crippen LogP contribution in [-0.4, -0.2) is 43.3 Å². The molecule has 0 saturated carbocycles. The molecule has 1 aliphatic heterocycles. The summed E-state index contributed by atoms with van der Waals surface area (Å²) in [6.45, 7) is 3.22. The second-order valence-electron chi connectivity index (χ2n) is 7.39. The maximum Gasteiger partial charge on any atom is 0.247 e. The maximum atomic E-state index is 12.9. The van der Waals surface area contributed by atoms with Crippen molar-refractivity contribution < 1.29 is 13.9 Å². The van der Waals surface area contributed by atoms with Gasteiger partial charge in [0.15, 0.2) is 17.3 Å². The Balaban J connectivity index is 1.64. The second kappa shape index (κ2) is 7.34. The summed E-state index contributed by atoms with van der Waals surface area (Å²) < 4.78 is 12.8. The first kappa shape index (κ1) is 18.4. The minimum atomic E-state index is -0.143. The lowest BCUT2D eigenvalue weighted by molar-refractivity contribution is 0.0948. The normalized spacial score (nSPS) is 16.4. The van der Waals surface area contributed by atoms with Crippen LogP contribution in [0.1, 0.15) is 29.0 Å². The van der Waals surface area contributed by atoms with Crippen LogP contribution in [-0.2, 0) is 4.74 Å². The zero-order valence-electron chi connectivity index (χ0n) is 16.4. The zero-order valence-corrected chi connectivity index (χ0v) is 16.4. The number of anilines is 1. The highest BCUT2D eigenvalue weighted by atomic mass is 16.5. The van der Waals surface area contributed by atoms with Gasteiger partial charge in [-0.25, -0.2) is 19.9 Å². The lowest BCUT2D eigenvalue weighted by Gasteiger charge is -2.12. The fourth-order valence-corrected chi connectivity index (χ4v) is 3.69. The monoisotopic (exact) mass is 404 g/mol. The van der Waals surface area contributed by atoms with Crippen LogP contribution in [0, 0.1) is 12.8 Å². The first-order valence-electron chi connectivity index (χ1n) is 9.72. The van der Waals surface area contributed by atoms with Gasteiger partial charge in [0.2, 0.25) is 5.89 Å². The molecule has 0 radical (unpaired) electrons. The molecule has 5 heterocycles. The van der Waals surface area contributed by atoms with E-state index in [0.29, 0.717) is 31.0 Å². The molecule has 0 aromatic carbocycles. The Labute approximate surface area is 172 Å². The van der Waals surface area contributed by atoms with Crippen molar-refractivity contribution in [2.75, 3.05) is 18.9 Å². The molecule has 152 valence electrons. The highest BCUT2D eigenvalue weighted by Gasteiger charge is 2.25. The number of pyridine rings is 1. The fraction of sp³-hybridized carbons (Fsp3) is 0.286. The fourth-order valence-electron chi connectivity index (χ4n) is 3.69. The van der Waals surface area contributed by atoms with E-state index in [0.717, 1.165) is 23.3 Å². The van der Waals surface area contributed by atoms with Gasteiger partial charge in [-0.1, -0.05) is 0 Å². The van der Waals surface area contributed by atoms with Crippen LogP contribution in [0.4, 0.5) is 5.82 Å². The third-order valence-electron chi connectivity index (χ3n) is 5.28. The first-order valence-corrected chi connectivity index (χ1v) is 9.72. The average molecular weight is 404 g/mol. The van der Waals surface area contributed by atoms with E-state index < -0.39 is 0 Å². The van der Waals surface area contributed by atoms with Crippen molar-refractivity contribution in [2.45, 2.75) is 19.8 Å². The van der Waals surface area contributed by atoms with Gasteiger partial charge in [-0.3, -0.25) is 4.79 Å². The number of aromatic nitrogens is 5. The van der Waals surface area contributed by atoms with Gasteiger partial charge < -0.3 is 19.3 Å². The van der Waals surface area contributed by atoms with Crippen molar-refractivity contribution in [3.8, 4) is 22.8 Å². The summed E-state index contributed by atoms with van der Waals surface area (Å²) in [5.74, 6) is 0.389. The van der Waals surface area contributed by atoms with E-state index >= 15 is 0 Å². The lowest BCUT2D eigenvalue weighted by atomic mass is 10.00. The Bertz CT molecular complexity index is 1230. The number of carbonyl (C=O) groups excluding carboxylic acids is 1. The number of carbonyl (C=O) groups is 1. The molecule has 4 aromatic rings. The topological polar surface area (TPSA) is 121 Å². The van der Waals surface area contributed by atoms with Crippen molar-refractivity contribution in [1.29, 1.82) is 0 Å². The van der Waals surface area contributed by atoms with Gasteiger partial charge in [-0.05, 0) is 31.4 Å². The predicted molar refractivity (Wildman–Crippen MR) is 109 cm³/mol. The quantitative estimate of drug-likeness (QED) is 0.504. The van der Waals surface area contributed by atoms with Gasteiger partial charge >= 0.3 is 0 Å². The Hall–Kier alpha value is -3.59. The summed E-state index contributed by atoms with van der Waals surface area (Å²) in [4.78, 5) is 30.6. The van der Waals surface area contributed by atoms with Gasteiger partial charge in [-0.15, -0.1) is 0 Å². The molecule has 1 fully saturated rings. The molecule has 0 unspecified atom stereocenters. The number of nitrogen functional groups attached to an aromatic ring is 1. The highest BCUT2D eigenvalue weighted by molar-refractivity contribution is 5.99. The number of Topliss-reactive ketones (excluding diaryl/α,β-unsaturated/α-hetero) is 1. The first-order chi connectivity index (χ1) is 14.6. The van der Waals surface area contributed by atoms with Gasteiger partial charge in [-0.2, -0.15) is 0 Å². The summed E-state index contributed by atoms with van der Waals surface area (Å²) in [6.07, 6.45) is 7.87. The standard InChI is InChI=1S/C21H20N6O3/c1-12-9-24-16-3-2-14(10-27(12)16)17-19(21-23-5-7-30-21)26-20(22)18(25-17)15(28)8-13-4-6-29-11-13/h2-3,5,7,9-10,13H,4,6,8,11H2,1H3,(H2,22,26)/t13-/m1/s1. The third kappa shape index (κ3) is 3.22. The summed E-state index contributed by atoms with van der Waals surface area (Å²) >= 11 is 0. The molecule has 30 heavy (non-hydrogen) atoms. The number of nitrogens with two attached hydrogens (primary N) is 1. The van der Waals surface area contributed by atoms with Crippen LogP contribution in [0.25, 0.3) is 28.5 Å². The summed E-state index contributed by atoms with van der Waals surface area (Å²) in [5.41, 5.74) is 9.71. The molecular weight excluding hydrogens is 384 g/mol. The largest absolute Gasteiger partial charge is 0.443 e. The van der Waals surface area contributed by atoms with E-state index in [2.05, 4.69) is 19.9 Å². The van der Waals surface area contributed by atoms with Crippen molar-refractivity contribution >= 4 is 17.2 Å². The Morgan fingerprint density at radius 3 is 2.93 bits per heavy atom. The molecule has 1 atom stereocenters. The number of ether oxygens (including phenoxy) is 1. The Morgan fingerprint density at radius 2 is 2.17 bits per heavy atom. The second-order valence-corrected chi connectivity index (χ2v) is 7.39. The molecule has 2 N–H and O–H groups in total. The van der Waals surface area contributed by atoms with E-state index in [1.165, 1.54) is 12.5 Å². The molecule has 5 rings (SSSR count). The molecule has 0 spiro atoms. The van der Waals surface area contributed by atoms with E-state index in [4.69, 9.17) is 14.9 Å². The van der Waals surface area contributed by atoms with Gasteiger partial charge in [0.1, 0.15) is 23.3 Å². The van der Waals surface area contributed by atoms with Crippen molar-refractivity contribution in [2.24, 2.45) is 5.92 Å². The number of aryl methyl sites for hydroxylation is 1. The smallest absolute Gasteiger partial charge is 0.247 e. The molecule has 0 amide bonds. The summed E-state index contributed by atoms with van der Waals surface area (Å²) in [6, 6.07) is 3.77. The van der Waals surface area contributed by atoms with Crippen molar-refractivity contribution in [3.05, 3.63) is 48.4 Å². The molecule has 9 heteroatoms. The van der Waals surface area contributed by atoms with Gasteiger partial charge in [0, 0.05) is 43.3 Å². The Morgan fingerprint density at radius 1 is 1.27 bits per heavy atom. The lowest BCUT2D eigenvalue weighted by Crippen LogP contribution is -2.15. The number of imidazole rings is 1. The summed E-state index contributed by atoms with van der Waals surface area (Å²) in [5, 5.41) is 0. The molecule has 4 aromatic heterocycles. The van der Waals surface area contributed by atoms with Gasteiger partial charge in [0.25, 0.3) is 0 Å². The number of ketones is 1. The van der Waals surface area contributed by atoms with E-state index in [9.17, 15) is 4.79 Å². The maximum absolute atomic E-state index is 12.9. The van der Waals surface area contributed by atoms with Crippen LogP contribution in [0.2, 0.25) is 0 Å². The third-order valence-corrected chi connectivity index (χ3v) is 5.28. The van der Waals surface area contributed by atoms with Crippen LogP contribution in [0.5, 0.6) is 0 Å². The van der Waals surface area contributed by atoms with E-state index in [1.807, 2.05) is 29.7 Å². The SMILES string of the molecule is Cc1cnc2ccc(-c3nc(C(=O)C[C@H]4CCOC4)c(N)nc3-c3ncco3)cn12. The van der Waals surface area contributed by atoms with Gasteiger partial charge in [0.05, 0.1) is 6.20 Å². The number of fused-ring (bicyclic) bond motifs is 1. The molecular formula is C21H20N6O3. The van der Waals surface area contributed by atoms with E-state index in [1.54, 1.807) is 6.20 Å². The van der Waals surface area contributed by atoms with Crippen LogP contribution < -0.4 is 5.73 Å². The molecule has 0 bridgehead atoms. The molecule has 9 nitrogen and oxygen atoms in total. The number of nitrogens with zero attached hydrogens (tertiary/aromatic N) is 5. The summed E-state index contributed by atoms with van der Waals surface area (Å²) in [7, 11) is 0.